The van der Waals surface area contributed by atoms with Crippen LogP contribution in [0.4, 0.5) is 10.1 Å². The number of nitrogens with one attached hydrogen (secondary N) is 1. The summed E-state index contributed by atoms with van der Waals surface area (Å²) in [6, 6.07) is 16.9. The molecule has 216 valence electrons. The number of carbonyl (C=O) groups excluding carboxylic acids is 1. The molecule has 0 fully saturated rings. The molecule has 0 aliphatic carbocycles. The van der Waals surface area contributed by atoms with Crippen LogP contribution in [0.2, 0.25) is 0 Å². The second-order valence-corrected chi connectivity index (χ2v) is 13.0. The number of methoxy groups -OCH3 is 1. The summed E-state index contributed by atoms with van der Waals surface area (Å²) in [6.45, 7) is 5.64. The number of rotatable bonds is 10. The van der Waals surface area contributed by atoms with E-state index in [1.54, 1.807) is 12.1 Å². The minimum atomic E-state index is -3.07. The second-order valence-electron chi connectivity index (χ2n) is 10.7. The maximum absolute atomic E-state index is 14.4. The van der Waals surface area contributed by atoms with E-state index in [-0.39, 0.29) is 23.5 Å². The van der Waals surface area contributed by atoms with E-state index in [2.05, 4.69) is 28.9 Å². The number of halogens is 1. The van der Waals surface area contributed by atoms with Crippen molar-refractivity contribution in [2.75, 3.05) is 31.0 Å². The molecule has 4 aromatic rings. The molecule has 1 aromatic heterocycles. The minimum Gasteiger partial charge on any atom is -0.493 e. The first-order valence-corrected chi connectivity index (χ1v) is 15.7. The van der Waals surface area contributed by atoms with Crippen molar-refractivity contribution in [2.24, 2.45) is 0 Å². The van der Waals surface area contributed by atoms with Crippen LogP contribution in [0.3, 0.4) is 0 Å². The summed E-state index contributed by atoms with van der Waals surface area (Å²) in [5.74, 6) is 0.305. The van der Waals surface area contributed by atoms with Gasteiger partial charge in [-0.05, 0) is 61.2 Å². The molecule has 1 atom stereocenters. The number of hydrogen-bond donors (Lipinski definition) is 1. The van der Waals surface area contributed by atoms with Gasteiger partial charge in [0, 0.05) is 64.7 Å². The lowest BCUT2D eigenvalue weighted by molar-refractivity contribution is -0.141. The fourth-order valence-corrected chi connectivity index (χ4v) is 6.40. The molecule has 1 aliphatic rings. The lowest BCUT2D eigenvalue weighted by Gasteiger charge is -2.15. The Bertz CT molecular complexity index is 1730. The van der Waals surface area contributed by atoms with E-state index in [0.717, 1.165) is 55.9 Å². The van der Waals surface area contributed by atoms with Crippen molar-refractivity contribution in [3.05, 3.63) is 82.8 Å². The molecular weight excluding hydrogens is 543 g/mol. The zero-order chi connectivity index (χ0) is 29.3. The van der Waals surface area contributed by atoms with Crippen molar-refractivity contribution in [1.29, 1.82) is 0 Å². The average Bonchev–Trinajstić information content (AvgIpc) is 3.44. The third kappa shape index (κ3) is 6.10. The van der Waals surface area contributed by atoms with Crippen molar-refractivity contribution in [3.63, 3.8) is 0 Å². The highest BCUT2D eigenvalue weighted by atomic mass is 32.2. The first kappa shape index (κ1) is 28.7. The van der Waals surface area contributed by atoms with Gasteiger partial charge in [0.1, 0.15) is 21.4 Å². The molecule has 0 saturated heterocycles. The third-order valence-electron chi connectivity index (χ3n) is 7.91. The Morgan fingerprint density at radius 3 is 2.71 bits per heavy atom. The lowest BCUT2D eigenvalue weighted by atomic mass is 9.94. The quantitative estimate of drug-likeness (QED) is 0.227. The number of carbonyl (C=O) groups is 1. The Hall–Kier alpha value is -3.85. The fourth-order valence-electron chi connectivity index (χ4n) is 5.75. The Morgan fingerprint density at radius 2 is 1.95 bits per heavy atom. The van der Waals surface area contributed by atoms with Crippen LogP contribution in [0, 0.1) is 19.7 Å². The molecule has 5 rings (SSSR count). The fraction of sp³-hybridized carbons (Fsp3) is 0.344. The lowest BCUT2D eigenvalue weighted by Crippen LogP contribution is -2.09. The van der Waals surface area contributed by atoms with Crippen molar-refractivity contribution in [2.45, 2.75) is 45.7 Å². The number of sulfone groups is 1. The van der Waals surface area contributed by atoms with Gasteiger partial charge in [-0.1, -0.05) is 24.3 Å². The summed E-state index contributed by atoms with van der Waals surface area (Å²) in [5.41, 5.74) is 7.94. The minimum absolute atomic E-state index is 0.00740. The average molecular weight is 579 g/mol. The maximum Gasteiger partial charge on any atom is 0.306 e. The highest BCUT2D eigenvalue weighted by molar-refractivity contribution is 7.90. The molecule has 0 amide bonds. The Labute approximate surface area is 240 Å². The Kier molecular flexibility index (Phi) is 8.09. The van der Waals surface area contributed by atoms with E-state index in [1.807, 2.05) is 31.2 Å². The SMILES string of the molecule is COC(=O)C[C@@H]1COc2cc(NCc3cccc(-c4c(C)n(CCCS(C)(=O)=O)c5ccc(F)cc45)c3C)ccc21. The van der Waals surface area contributed by atoms with Crippen molar-refractivity contribution in [1.82, 2.24) is 4.57 Å². The highest BCUT2D eigenvalue weighted by Crippen LogP contribution is 2.39. The smallest absolute Gasteiger partial charge is 0.306 e. The molecule has 41 heavy (non-hydrogen) atoms. The van der Waals surface area contributed by atoms with E-state index >= 15 is 0 Å². The molecule has 0 saturated carbocycles. The number of fused-ring (bicyclic) bond motifs is 2. The zero-order valence-electron chi connectivity index (χ0n) is 23.8. The zero-order valence-corrected chi connectivity index (χ0v) is 24.6. The first-order valence-electron chi connectivity index (χ1n) is 13.7. The number of benzene rings is 3. The molecule has 1 aliphatic heterocycles. The molecule has 7 nitrogen and oxygen atoms in total. The van der Waals surface area contributed by atoms with E-state index in [1.165, 1.54) is 19.4 Å². The molecule has 9 heteroatoms. The van der Waals surface area contributed by atoms with Crippen LogP contribution >= 0.6 is 0 Å². The van der Waals surface area contributed by atoms with Crippen LogP contribution in [0.15, 0.2) is 54.6 Å². The number of nitrogens with zero attached hydrogens (tertiary/aromatic N) is 1. The normalized spacial score (nSPS) is 14.6. The topological polar surface area (TPSA) is 86.6 Å². The van der Waals surface area contributed by atoms with Gasteiger partial charge in [-0.2, -0.15) is 0 Å². The van der Waals surface area contributed by atoms with Crippen molar-refractivity contribution in [3.8, 4) is 16.9 Å². The molecule has 0 spiro atoms. The summed E-state index contributed by atoms with van der Waals surface area (Å²) in [7, 11) is -1.68. The number of anilines is 1. The van der Waals surface area contributed by atoms with Gasteiger partial charge in [0.2, 0.25) is 0 Å². The largest absolute Gasteiger partial charge is 0.493 e. The highest BCUT2D eigenvalue weighted by Gasteiger charge is 2.27. The Morgan fingerprint density at radius 1 is 1.15 bits per heavy atom. The first-order chi connectivity index (χ1) is 19.6. The summed E-state index contributed by atoms with van der Waals surface area (Å²) in [4.78, 5) is 11.7. The summed E-state index contributed by atoms with van der Waals surface area (Å²) >= 11 is 0. The number of aryl methyl sites for hydroxylation is 1. The van der Waals surface area contributed by atoms with E-state index < -0.39 is 9.84 Å². The van der Waals surface area contributed by atoms with Gasteiger partial charge in [0.25, 0.3) is 0 Å². The van der Waals surface area contributed by atoms with E-state index in [0.29, 0.717) is 32.5 Å². The van der Waals surface area contributed by atoms with Crippen molar-refractivity contribution < 1.29 is 27.1 Å². The number of hydrogen-bond acceptors (Lipinski definition) is 6. The number of esters is 1. The van der Waals surface area contributed by atoms with Gasteiger partial charge in [0.15, 0.2) is 0 Å². The van der Waals surface area contributed by atoms with Gasteiger partial charge < -0.3 is 19.4 Å². The number of aromatic nitrogens is 1. The van der Waals surface area contributed by atoms with Crippen molar-refractivity contribution >= 4 is 32.4 Å². The predicted octanol–water partition coefficient (Wildman–Crippen LogP) is 6.15. The second kappa shape index (κ2) is 11.6. The monoisotopic (exact) mass is 578 g/mol. The van der Waals surface area contributed by atoms with Crippen LogP contribution in [-0.4, -0.2) is 44.7 Å². The summed E-state index contributed by atoms with van der Waals surface area (Å²) < 4.78 is 50.6. The molecule has 0 radical (unpaired) electrons. The van der Waals surface area contributed by atoms with Crippen LogP contribution in [0.25, 0.3) is 22.0 Å². The van der Waals surface area contributed by atoms with Gasteiger partial charge in [-0.15, -0.1) is 0 Å². The van der Waals surface area contributed by atoms with E-state index in [9.17, 15) is 17.6 Å². The van der Waals surface area contributed by atoms with Gasteiger partial charge in [-0.3, -0.25) is 4.79 Å². The molecule has 1 N–H and O–H groups in total. The molecule has 0 bridgehead atoms. The third-order valence-corrected chi connectivity index (χ3v) is 8.94. The standard InChI is InChI=1S/C32H35FN2O5S/c1-20-22(18-34-25-10-11-27-23(15-31(36)39-3)19-40-30(27)17-25)7-5-8-26(20)32-21(2)35(13-6-14-41(4,37)38)29-12-9-24(33)16-28(29)32/h5,7-12,16-17,23,34H,6,13-15,18-19H2,1-4H3/t23-/m1/s1. The number of ether oxygens (including phenoxy) is 2. The van der Waals surface area contributed by atoms with E-state index in [4.69, 9.17) is 9.47 Å². The molecule has 0 unspecified atom stereocenters. The molecule has 3 aromatic carbocycles. The van der Waals surface area contributed by atoms with Crippen LogP contribution in [0.1, 0.15) is 41.1 Å². The van der Waals surface area contributed by atoms with Gasteiger partial charge in [-0.25, -0.2) is 12.8 Å². The summed E-state index contributed by atoms with van der Waals surface area (Å²) in [6.07, 6.45) is 2.02. The van der Waals surface area contributed by atoms with Crippen LogP contribution < -0.4 is 10.1 Å². The Balaban J connectivity index is 1.41. The predicted molar refractivity (Wildman–Crippen MR) is 160 cm³/mol. The summed E-state index contributed by atoms with van der Waals surface area (Å²) in [5, 5.41) is 4.30. The van der Waals surface area contributed by atoms with Crippen LogP contribution in [-0.2, 0) is 32.5 Å². The maximum atomic E-state index is 14.4. The van der Waals surface area contributed by atoms with Gasteiger partial charge >= 0.3 is 5.97 Å². The molecular formula is C32H35FN2O5S. The molecule has 2 heterocycles. The van der Waals surface area contributed by atoms with Crippen LogP contribution in [0.5, 0.6) is 5.75 Å². The van der Waals surface area contributed by atoms with Gasteiger partial charge in [0.05, 0.1) is 25.9 Å².